The minimum absolute atomic E-state index is 0.00134. The third kappa shape index (κ3) is 8.83. The Morgan fingerprint density at radius 1 is 1.14 bits per heavy atom. The van der Waals surface area contributed by atoms with Crippen LogP contribution >= 0.6 is 0 Å². The highest BCUT2D eigenvalue weighted by atomic mass is 16.6. The third-order valence-electron chi connectivity index (χ3n) is 3.02. The number of amides is 1. The second kappa shape index (κ2) is 9.96. The zero-order chi connectivity index (χ0) is 16.3. The molecule has 0 aliphatic carbocycles. The molecule has 0 spiro atoms. The molecule has 1 N–H and O–H groups in total. The van der Waals surface area contributed by atoms with Gasteiger partial charge in [0.25, 0.3) is 0 Å². The van der Waals surface area contributed by atoms with Crippen LogP contribution in [0.1, 0.15) is 40.0 Å². The van der Waals surface area contributed by atoms with E-state index in [1.807, 2.05) is 6.92 Å². The molecule has 0 bridgehead atoms. The van der Waals surface area contributed by atoms with Crippen molar-refractivity contribution < 1.29 is 23.9 Å². The lowest BCUT2D eigenvalue weighted by Gasteiger charge is -2.20. The smallest absolute Gasteiger partial charge is 0.311 e. The van der Waals surface area contributed by atoms with E-state index in [-0.39, 0.29) is 37.9 Å². The Labute approximate surface area is 125 Å². The molecular formula is C15H25NO5. The fourth-order valence-corrected chi connectivity index (χ4v) is 1.19. The van der Waals surface area contributed by atoms with Crippen molar-refractivity contribution in [2.24, 2.45) is 5.41 Å². The molecule has 0 atom stereocenters. The Bertz CT molecular complexity index is 376. The molecular weight excluding hydrogens is 274 g/mol. The zero-order valence-corrected chi connectivity index (χ0v) is 13.1. The minimum atomic E-state index is -0.534. The summed E-state index contributed by atoms with van der Waals surface area (Å²) >= 11 is 0. The summed E-state index contributed by atoms with van der Waals surface area (Å²) in [6.07, 6.45) is 2.29. The van der Waals surface area contributed by atoms with Crippen LogP contribution in [0.4, 0.5) is 0 Å². The van der Waals surface area contributed by atoms with Crippen molar-refractivity contribution in [2.45, 2.75) is 40.0 Å². The standard InChI is InChI=1S/C15H25NO5/c1-5-9-16-12(17)7-8-13(18)20-10-11-21-14(19)15(3,4)6-2/h5H,1,6-11H2,2-4H3,(H,16,17). The van der Waals surface area contributed by atoms with E-state index < -0.39 is 11.4 Å². The molecule has 0 fully saturated rings. The topological polar surface area (TPSA) is 81.7 Å². The van der Waals surface area contributed by atoms with Gasteiger partial charge in [-0.2, -0.15) is 0 Å². The monoisotopic (exact) mass is 299 g/mol. The summed E-state index contributed by atoms with van der Waals surface area (Å²) in [6.45, 7) is 9.35. The molecule has 21 heavy (non-hydrogen) atoms. The maximum Gasteiger partial charge on any atom is 0.311 e. The predicted octanol–water partition coefficient (Wildman–Crippen LogP) is 1.59. The van der Waals surface area contributed by atoms with Crippen molar-refractivity contribution in [1.29, 1.82) is 0 Å². The Hall–Kier alpha value is -1.85. The molecule has 0 rings (SSSR count). The van der Waals surface area contributed by atoms with Crippen LogP contribution in [0.2, 0.25) is 0 Å². The summed E-state index contributed by atoms with van der Waals surface area (Å²) in [4.78, 5) is 34.2. The second-order valence-corrected chi connectivity index (χ2v) is 5.19. The van der Waals surface area contributed by atoms with Crippen molar-refractivity contribution in [1.82, 2.24) is 5.32 Å². The summed E-state index contributed by atoms with van der Waals surface area (Å²) < 4.78 is 9.90. The van der Waals surface area contributed by atoms with E-state index in [0.29, 0.717) is 13.0 Å². The number of carbonyl (C=O) groups excluding carboxylic acids is 3. The Morgan fingerprint density at radius 3 is 2.33 bits per heavy atom. The summed E-state index contributed by atoms with van der Waals surface area (Å²) in [7, 11) is 0. The molecule has 0 aliphatic rings. The predicted molar refractivity (Wildman–Crippen MR) is 78.4 cm³/mol. The fourth-order valence-electron chi connectivity index (χ4n) is 1.19. The molecule has 0 radical (unpaired) electrons. The first-order valence-electron chi connectivity index (χ1n) is 7.04. The van der Waals surface area contributed by atoms with Gasteiger partial charge in [-0.15, -0.1) is 6.58 Å². The number of esters is 2. The van der Waals surface area contributed by atoms with E-state index in [9.17, 15) is 14.4 Å². The second-order valence-electron chi connectivity index (χ2n) is 5.19. The number of nitrogens with one attached hydrogen (secondary N) is 1. The Kier molecular flexibility index (Phi) is 9.08. The maximum absolute atomic E-state index is 11.6. The molecule has 0 saturated carbocycles. The van der Waals surface area contributed by atoms with Crippen LogP contribution in [0.5, 0.6) is 0 Å². The first-order chi connectivity index (χ1) is 9.83. The summed E-state index contributed by atoms with van der Waals surface area (Å²) in [5, 5.41) is 2.56. The molecule has 120 valence electrons. The van der Waals surface area contributed by atoms with Gasteiger partial charge in [0.05, 0.1) is 11.8 Å². The number of hydrogen-bond donors (Lipinski definition) is 1. The van der Waals surface area contributed by atoms with Gasteiger partial charge in [0, 0.05) is 13.0 Å². The van der Waals surface area contributed by atoms with E-state index in [4.69, 9.17) is 9.47 Å². The van der Waals surface area contributed by atoms with Gasteiger partial charge in [-0.05, 0) is 20.3 Å². The van der Waals surface area contributed by atoms with Gasteiger partial charge in [0.1, 0.15) is 13.2 Å². The number of rotatable bonds is 10. The number of ether oxygens (including phenoxy) is 2. The number of carbonyl (C=O) groups is 3. The van der Waals surface area contributed by atoms with Gasteiger partial charge in [-0.1, -0.05) is 13.0 Å². The molecule has 0 aromatic rings. The molecule has 6 nitrogen and oxygen atoms in total. The van der Waals surface area contributed by atoms with E-state index in [2.05, 4.69) is 11.9 Å². The van der Waals surface area contributed by atoms with Crippen LogP contribution in [-0.4, -0.2) is 37.6 Å². The minimum Gasteiger partial charge on any atom is -0.462 e. The van der Waals surface area contributed by atoms with Crippen molar-refractivity contribution in [2.75, 3.05) is 19.8 Å². The SMILES string of the molecule is C=CCNC(=O)CCC(=O)OCCOC(=O)C(C)(C)CC. The highest BCUT2D eigenvalue weighted by Crippen LogP contribution is 2.21. The van der Waals surface area contributed by atoms with Crippen LogP contribution in [0.3, 0.4) is 0 Å². The summed E-state index contributed by atoms with van der Waals surface area (Å²) in [5.41, 5.74) is -0.534. The van der Waals surface area contributed by atoms with Crippen LogP contribution in [-0.2, 0) is 23.9 Å². The van der Waals surface area contributed by atoms with Crippen molar-refractivity contribution in [3.63, 3.8) is 0 Å². The van der Waals surface area contributed by atoms with E-state index in [1.165, 1.54) is 0 Å². The van der Waals surface area contributed by atoms with Crippen LogP contribution < -0.4 is 5.32 Å². The van der Waals surface area contributed by atoms with Crippen molar-refractivity contribution >= 4 is 17.8 Å². The number of hydrogen-bond acceptors (Lipinski definition) is 5. The lowest BCUT2D eigenvalue weighted by Crippen LogP contribution is -2.27. The Morgan fingerprint density at radius 2 is 1.76 bits per heavy atom. The highest BCUT2D eigenvalue weighted by Gasteiger charge is 2.26. The van der Waals surface area contributed by atoms with Gasteiger partial charge in [0.2, 0.25) is 5.91 Å². The van der Waals surface area contributed by atoms with Gasteiger partial charge in [-0.25, -0.2) is 0 Å². The third-order valence-corrected chi connectivity index (χ3v) is 3.02. The highest BCUT2D eigenvalue weighted by molar-refractivity contribution is 5.81. The average Bonchev–Trinajstić information content (AvgIpc) is 2.46. The van der Waals surface area contributed by atoms with Crippen molar-refractivity contribution in [3.05, 3.63) is 12.7 Å². The molecule has 0 saturated heterocycles. The summed E-state index contributed by atoms with van der Waals surface area (Å²) in [5.74, 6) is -1.04. The van der Waals surface area contributed by atoms with Gasteiger partial charge in [0.15, 0.2) is 0 Å². The quantitative estimate of drug-likeness (QED) is 0.376. The Balaban J connectivity index is 3.74. The molecule has 0 heterocycles. The molecule has 0 unspecified atom stereocenters. The van der Waals surface area contributed by atoms with E-state index in [0.717, 1.165) is 0 Å². The molecule has 0 aromatic carbocycles. The zero-order valence-electron chi connectivity index (χ0n) is 13.1. The lowest BCUT2D eigenvalue weighted by molar-refractivity contribution is -0.159. The van der Waals surface area contributed by atoms with E-state index >= 15 is 0 Å². The maximum atomic E-state index is 11.6. The van der Waals surface area contributed by atoms with Gasteiger partial charge in [-0.3, -0.25) is 14.4 Å². The molecule has 0 aromatic heterocycles. The first-order valence-corrected chi connectivity index (χ1v) is 7.04. The van der Waals surface area contributed by atoms with Gasteiger partial charge < -0.3 is 14.8 Å². The first kappa shape index (κ1) is 19.1. The van der Waals surface area contributed by atoms with Crippen LogP contribution in [0.25, 0.3) is 0 Å². The molecule has 1 amide bonds. The molecule has 6 heteroatoms. The average molecular weight is 299 g/mol. The van der Waals surface area contributed by atoms with Gasteiger partial charge >= 0.3 is 11.9 Å². The molecule has 0 aliphatic heterocycles. The largest absolute Gasteiger partial charge is 0.462 e. The summed E-state index contributed by atoms with van der Waals surface area (Å²) in [6, 6.07) is 0. The fraction of sp³-hybridized carbons (Fsp3) is 0.667. The lowest BCUT2D eigenvalue weighted by atomic mass is 9.91. The van der Waals surface area contributed by atoms with E-state index in [1.54, 1.807) is 19.9 Å². The van der Waals surface area contributed by atoms with Crippen molar-refractivity contribution in [3.8, 4) is 0 Å². The van der Waals surface area contributed by atoms with Crippen LogP contribution in [0, 0.1) is 5.41 Å². The van der Waals surface area contributed by atoms with Crippen LogP contribution in [0.15, 0.2) is 12.7 Å². The normalized spacial score (nSPS) is 10.6.